The van der Waals surface area contributed by atoms with Crippen molar-refractivity contribution in [1.82, 2.24) is 20.4 Å². The third-order valence-corrected chi connectivity index (χ3v) is 5.06. The van der Waals surface area contributed by atoms with Crippen LogP contribution in [0.4, 0.5) is 9.59 Å². The summed E-state index contributed by atoms with van der Waals surface area (Å²) in [6.07, 6.45) is 0.129. The quantitative estimate of drug-likeness (QED) is 0.641. The first-order valence-electron chi connectivity index (χ1n) is 11.2. The van der Waals surface area contributed by atoms with Gasteiger partial charge in [-0.15, -0.1) is 0 Å². The molecule has 0 radical (unpaired) electrons. The van der Waals surface area contributed by atoms with Gasteiger partial charge in [-0.25, -0.2) is 9.59 Å². The summed E-state index contributed by atoms with van der Waals surface area (Å²) < 4.78 is 10.6. The van der Waals surface area contributed by atoms with Gasteiger partial charge in [-0.2, -0.15) is 5.26 Å². The summed E-state index contributed by atoms with van der Waals surface area (Å²) in [6, 6.07) is 0.252. The molecule has 2 heterocycles. The van der Waals surface area contributed by atoms with E-state index in [1.165, 1.54) is 9.80 Å². The van der Waals surface area contributed by atoms with Crippen molar-refractivity contribution in [2.24, 2.45) is 0 Å². The lowest BCUT2D eigenvalue weighted by Crippen LogP contribution is -2.50. The van der Waals surface area contributed by atoms with Crippen LogP contribution in [-0.2, 0) is 19.1 Å². The molecule has 0 aromatic rings. The Labute approximate surface area is 194 Å². The summed E-state index contributed by atoms with van der Waals surface area (Å²) >= 11 is 0. The largest absolute Gasteiger partial charge is 0.444 e. The summed E-state index contributed by atoms with van der Waals surface area (Å²) in [5, 5.41) is 14.5. The van der Waals surface area contributed by atoms with Crippen LogP contribution in [0, 0.1) is 11.3 Å². The number of hydrogen-bond donors (Lipinski definition) is 2. The van der Waals surface area contributed by atoms with Crippen LogP contribution in [0.2, 0.25) is 0 Å². The minimum absolute atomic E-state index is 0.0779. The zero-order valence-corrected chi connectivity index (χ0v) is 20.3. The molecule has 0 aromatic carbocycles. The standard InChI is InChI=1S/C22H35N5O6/c1-21(2,3)32-19(30)24-12-17(28)25-14-10-16(18(29)26-9-7-8-15(26)11-23)27(13-14)20(31)33-22(4,5)6/h14-16H,7-10,12-13H2,1-6H3,(H,24,30)(H,25,28)/t14-,15?,16-/m0/s1. The Kier molecular flexibility index (Phi) is 8.16. The van der Waals surface area contributed by atoms with Gasteiger partial charge < -0.3 is 25.0 Å². The van der Waals surface area contributed by atoms with Gasteiger partial charge >= 0.3 is 12.2 Å². The smallest absolute Gasteiger partial charge is 0.411 e. The summed E-state index contributed by atoms with van der Waals surface area (Å²) in [7, 11) is 0. The molecule has 33 heavy (non-hydrogen) atoms. The molecule has 4 amide bonds. The highest BCUT2D eigenvalue weighted by molar-refractivity contribution is 5.88. The third kappa shape index (κ3) is 7.80. The number of nitriles is 1. The van der Waals surface area contributed by atoms with Crippen LogP contribution in [0.3, 0.4) is 0 Å². The number of alkyl carbamates (subject to hydrolysis) is 1. The highest BCUT2D eigenvalue weighted by Gasteiger charge is 2.45. The molecule has 2 saturated heterocycles. The van der Waals surface area contributed by atoms with Crippen LogP contribution < -0.4 is 10.6 Å². The second-order valence-electron chi connectivity index (χ2n) is 10.3. The van der Waals surface area contributed by atoms with E-state index >= 15 is 0 Å². The Morgan fingerprint density at radius 3 is 2.24 bits per heavy atom. The lowest BCUT2D eigenvalue weighted by atomic mass is 10.1. The molecule has 0 aliphatic carbocycles. The number of carbonyl (C=O) groups is 4. The molecule has 3 atom stereocenters. The Morgan fingerprint density at radius 2 is 1.67 bits per heavy atom. The maximum Gasteiger partial charge on any atom is 0.411 e. The van der Waals surface area contributed by atoms with Crippen molar-refractivity contribution in [3.63, 3.8) is 0 Å². The maximum absolute atomic E-state index is 13.2. The molecular formula is C22H35N5O6. The summed E-state index contributed by atoms with van der Waals surface area (Å²) in [6.45, 7) is 10.5. The first-order chi connectivity index (χ1) is 15.2. The van der Waals surface area contributed by atoms with Crippen LogP contribution in [0.25, 0.3) is 0 Å². The lowest BCUT2D eigenvalue weighted by molar-refractivity contribution is -0.136. The van der Waals surface area contributed by atoms with Crippen molar-refractivity contribution >= 4 is 24.0 Å². The SMILES string of the molecule is CC(C)(C)OC(=O)NCC(=O)N[C@H]1C[C@@H](C(=O)N2CCCC2C#N)N(C(=O)OC(C)(C)C)C1. The fourth-order valence-corrected chi connectivity index (χ4v) is 3.80. The van der Waals surface area contributed by atoms with Gasteiger partial charge in [0.1, 0.15) is 29.8 Å². The number of nitrogens with one attached hydrogen (secondary N) is 2. The van der Waals surface area contributed by atoms with Crippen LogP contribution in [0.1, 0.15) is 60.8 Å². The van der Waals surface area contributed by atoms with E-state index in [0.29, 0.717) is 13.0 Å². The van der Waals surface area contributed by atoms with E-state index < -0.39 is 47.4 Å². The predicted octanol–water partition coefficient (Wildman–Crippen LogP) is 1.52. The molecular weight excluding hydrogens is 430 g/mol. The van der Waals surface area contributed by atoms with Gasteiger partial charge in [0, 0.05) is 19.1 Å². The predicted molar refractivity (Wildman–Crippen MR) is 118 cm³/mol. The van der Waals surface area contributed by atoms with Crippen molar-refractivity contribution in [2.75, 3.05) is 19.6 Å². The molecule has 0 aromatic heterocycles. The number of carbonyl (C=O) groups excluding carboxylic acids is 4. The molecule has 0 spiro atoms. The van der Waals surface area contributed by atoms with Crippen molar-refractivity contribution < 1.29 is 28.7 Å². The lowest BCUT2D eigenvalue weighted by Gasteiger charge is -2.30. The molecule has 2 rings (SSSR count). The van der Waals surface area contributed by atoms with Crippen LogP contribution in [0.15, 0.2) is 0 Å². The number of amides is 4. The molecule has 1 unspecified atom stereocenters. The van der Waals surface area contributed by atoms with Crippen molar-refractivity contribution in [3.8, 4) is 6.07 Å². The van der Waals surface area contributed by atoms with Crippen LogP contribution >= 0.6 is 0 Å². The van der Waals surface area contributed by atoms with E-state index in [1.54, 1.807) is 41.5 Å². The highest BCUT2D eigenvalue weighted by atomic mass is 16.6. The number of nitrogens with zero attached hydrogens (tertiary/aromatic N) is 3. The normalized spacial score (nSPS) is 23.0. The second-order valence-corrected chi connectivity index (χ2v) is 10.3. The molecule has 0 saturated carbocycles. The van der Waals surface area contributed by atoms with E-state index in [0.717, 1.165) is 6.42 Å². The van der Waals surface area contributed by atoms with Crippen molar-refractivity contribution in [1.29, 1.82) is 5.26 Å². The van der Waals surface area contributed by atoms with E-state index in [1.807, 2.05) is 0 Å². The second kappa shape index (κ2) is 10.3. The first-order valence-corrected chi connectivity index (χ1v) is 11.2. The van der Waals surface area contributed by atoms with Crippen LogP contribution in [-0.4, -0.2) is 82.8 Å². The topological polar surface area (TPSA) is 141 Å². The van der Waals surface area contributed by atoms with Gasteiger partial charge in [-0.3, -0.25) is 14.5 Å². The van der Waals surface area contributed by atoms with Crippen molar-refractivity contribution in [3.05, 3.63) is 0 Å². The van der Waals surface area contributed by atoms with Gasteiger partial charge in [0.2, 0.25) is 11.8 Å². The van der Waals surface area contributed by atoms with Gasteiger partial charge in [0.25, 0.3) is 0 Å². The van der Waals surface area contributed by atoms with Crippen molar-refractivity contribution in [2.45, 2.75) is 90.1 Å². The van der Waals surface area contributed by atoms with Gasteiger partial charge in [-0.05, 0) is 60.8 Å². The Balaban J connectivity index is 2.05. The number of likely N-dealkylation sites (tertiary alicyclic amines) is 2. The fraction of sp³-hybridized carbons (Fsp3) is 0.773. The molecule has 2 aliphatic heterocycles. The maximum atomic E-state index is 13.2. The summed E-state index contributed by atoms with van der Waals surface area (Å²) in [4.78, 5) is 52.9. The minimum atomic E-state index is -0.849. The summed E-state index contributed by atoms with van der Waals surface area (Å²) in [5.41, 5.74) is -1.45. The average Bonchev–Trinajstić information content (AvgIpc) is 3.30. The highest BCUT2D eigenvalue weighted by Crippen LogP contribution is 2.26. The van der Waals surface area contributed by atoms with E-state index in [-0.39, 0.29) is 25.4 Å². The number of hydrogen-bond acceptors (Lipinski definition) is 7. The number of rotatable bonds is 4. The van der Waals surface area contributed by atoms with Gasteiger partial charge in [-0.1, -0.05) is 0 Å². The third-order valence-electron chi connectivity index (χ3n) is 5.06. The molecule has 0 bridgehead atoms. The van der Waals surface area contributed by atoms with E-state index in [4.69, 9.17) is 9.47 Å². The molecule has 2 aliphatic rings. The van der Waals surface area contributed by atoms with Gasteiger partial charge in [0.15, 0.2) is 0 Å². The van der Waals surface area contributed by atoms with E-state index in [2.05, 4.69) is 16.7 Å². The monoisotopic (exact) mass is 465 g/mol. The van der Waals surface area contributed by atoms with Gasteiger partial charge in [0.05, 0.1) is 6.07 Å². The minimum Gasteiger partial charge on any atom is -0.444 e. The average molecular weight is 466 g/mol. The number of ether oxygens (including phenoxy) is 2. The Hall–Kier alpha value is -3.03. The molecule has 2 N–H and O–H groups in total. The summed E-state index contributed by atoms with van der Waals surface area (Å²) in [5.74, 6) is -0.798. The van der Waals surface area contributed by atoms with Crippen LogP contribution in [0.5, 0.6) is 0 Å². The first kappa shape index (κ1) is 26.2. The fourth-order valence-electron chi connectivity index (χ4n) is 3.80. The van der Waals surface area contributed by atoms with E-state index in [9.17, 15) is 24.4 Å². The molecule has 2 fully saturated rings. The molecule has 11 heteroatoms. The molecule has 184 valence electrons. The zero-order valence-electron chi connectivity index (χ0n) is 20.3. The Morgan fingerprint density at radius 1 is 1.03 bits per heavy atom. The molecule has 11 nitrogen and oxygen atoms in total. The zero-order chi connectivity index (χ0) is 25.0. The Bertz CT molecular complexity index is 810.